The van der Waals surface area contributed by atoms with Crippen LogP contribution in [0.2, 0.25) is 0 Å². The Morgan fingerprint density at radius 2 is 2.38 bits per heavy atom. The minimum Gasteiger partial charge on any atom is -0.497 e. The van der Waals surface area contributed by atoms with E-state index in [-0.39, 0.29) is 5.91 Å². The van der Waals surface area contributed by atoms with Gasteiger partial charge in [0.1, 0.15) is 5.75 Å². The topological polar surface area (TPSA) is 38.3 Å². The molecule has 0 bridgehead atoms. The van der Waals surface area contributed by atoms with Crippen molar-refractivity contribution in [3.05, 3.63) is 36.9 Å². The largest absolute Gasteiger partial charge is 0.497 e. The SMILES string of the molecule is [CH2]NC(=O)Cc1cccc(OC)c1. The van der Waals surface area contributed by atoms with Crippen molar-refractivity contribution in [2.75, 3.05) is 7.11 Å². The van der Waals surface area contributed by atoms with Crippen molar-refractivity contribution in [1.29, 1.82) is 0 Å². The van der Waals surface area contributed by atoms with Crippen LogP contribution in [0.3, 0.4) is 0 Å². The fraction of sp³-hybridized carbons (Fsp3) is 0.200. The minimum absolute atomic E-state index is 0.103. The summed E-state index contributed by atoms with van der Waals surface area (Å²) in [6, 6.07) is 7.39. The molecule has 0 atom stereocenters. The zero-order chi connectivity index (χ0) is 9.68. The van der Waals surface area contributed by atoms with Crippen molar-refractivity contribution in [3.63, 3.8) is 0 Å². The molecule has 1 radical (unpaired) electrons. The number of ether oxygens (including phenoxy) is 1. The summed E-state index contributed by atoms with van der Waals surface area (Å²) in [6.07, 6.45) is 0.334. The number of nitrogens with one attached hydrogen (secondary N) is 1. The maximum Gasteiger partial charge on any atom is 0.224 e. The molecule has 0 aliphatic rings. The highest BCUT2D eigenvalue weighted by Crippen LogP contribution is 2.12. The van der Waals surface area contributed by atoms with Crippen molar-refractivity contribution in [3.8, 4) is 5.75 Å². The number of rotatable bonds is 3. The molecular weight excluding hydrogens is 166 g/mol. The Kier molecular flexibility index (Phi) is 3.31. The summed E-state index contributed by atoms with van der Waals surface area (Å²) in [5.41, 5.74) is 0.917. The Morgan fingerprint density at radius 3 is 3.00 bits per heavy atom. The van der Waals surface area contributed by atoms with Gasteiger partial charge in [0.05, 0.1) is 13.5 Å². The van der Waals surface area contributed by atoms with Gasteiger partial charge in [-0.15, -0.1) is 0 Å². The highest BCUT2D eigenvalue weighted by molar-refractivity contribution is 5.78. The maximum atomic E-state index is 11.0. The van der Waals surface area contributed by atoms with Gasteiger partial charge < -0.3 is 10.1 Å². The fourth-order valence-electron chi connectivity index (χ4n) is 1.03. The predicted molar refractivity (Wildman–Crippen MR) is 50.2 cm³/mol. The number of hydrogen-bond acceptors (Lipinski definition) is 2. The van der Waals surface area contributed by atoms with Crippen molar-refractivity contribution >= 4 is 5.91 Å². The Labute approximate surface area is 77.7 Å². The van der Waals surface area contributed by atoms with Gasteiger partial charge in [0, 0.05) is 7.05 Å². The van der Waals surface area contributed by atoms with E-state index < -0.39 is 0 Å². The summed E-state index contributed by atoms with van der Waals surface area (Å²) in [7, 11) is 4.89. The van der Waals surface area contributed by atoms with Crippen molar-refractivity contribution < 1.29 is 9.53 Å². The second-order valence-corrected chi connectivity index (χ2v) is 2.63. The van der Waals surface area contributed by atoms with Gasteiger partial charge in [0.15, 0.2) is 0 Å². The summed E-state index contributed by atoms with van der Waals surface area (Å²) < 4.78 is 5.02. The number of carbonyl (C=O) groups excluding carboxylic acids is 1. The van der Waals surface area contributed by atoms with Crippen LogP contribution in [0.25, 0.3) is 0 Å². The number of amides is 1. The van der Waals surface area contributed by atoms with Crippen LogP contribution in [0.5, 0.6) is 5.75 Å². The van der Waals surface area contributed by atoms with Gasteiger partial charge in [-0.3, -0.25) is 4.79 Å². The molecule has 13 heavy (non-hydrogen) atoms. The van der Waals surface area contributed by atoms with Crippen LogP contribution >= 0.6 is 0 Å². The summed E-state index contributed by atoms with van der Waals surface area (Å²) in [5.74, 6) is 0.655. The van der Waals surface area contributed by atoms with Crippen LogP contribution in [0.15, 0.2) is 24.3 Å². The summed E-state index contributed by atoms with van der Waals surface area (Å²) in [6.45, 7) is 0. The van der Waals surface area contributed by atoms with E-state index in [1.54, 1.807) is 7.11 Å². The molecule has 0 saturated heterocycles. The molecule has 0 fully saturated rings. The van der Waals surface area contributed by atoms with E-state index in [1.807, 2.05) is 24.3 Å². The van der Waals surface area contributed by atoms with Crippen LogP contribution in [0.4, 0.5) is 0 Å². The highest BCUT2D eigenvalue weighted by Gasteiger charge is 2.01. The van der Waals surface area contributed by atoms with Gasteiger partial charge in [-0.1, -0.05) is 12.1 Å². The van der Waals surface area contributed by atoms with E-state index in [0.717, 1.165) is 11.3 Å². The smallest absolute Gasteiger partial charge is 0.224 e. The average molecular weight is 178 g/mol. The van der Waals surface area contributed by atoms with Gasteiger partial charge in [-0.2, -0.15) is 0 Å². The van der Waals surface area contributed by atoms with Crippen molar-refractivity contribution in [2.45, 2.75) is 6.42 Å². The molecule has 0 unspecified atom stereocenters. The number of benzene rings is 1. The van der Waals surface area contributed by atoms with Crippen LogP contribution in [-0.2, 0) is 11.2 Å². The van der Waals surface area contributed by atoms with Gasteiger partial charge in [0.2, 0.25) is 5.91 Å². The van der Waals surface area contributed by atoms with Crippen LogP contribution in [0, 0.1) is 7.05 Å². The number of hydrogen-bond donors (Lipinski definition) is 1. The first kappa shape index (κ1) is 9.58. The van der Waals surface area contributed by atoms with Gasteiger partial charge in [-0.25, -0.2) is 0 Å². The molecular formula is C10H12NO2. The number of methoxy groups -OCH3 is 1. The van der Waals surface area contributed by atoms with E-state index in [0.29, 0.717) is 6.42 Å². The molecule has 1 N–H and O–H groups in total. The Bertz CT molecular complexity index is 297. The first-order valence-electron chi connectivity index (χ1n) is 3.95. The van der Waals surface area contributed by atoms with Crippen molar-refractivity contribution in [1.82, 2.24) is 5.32 Å². The summed E-state index contributed by atoms with van der Waals surface area (Å²) >= 11 is 0. The molecule has 0 aliphatic carbocycles. The quantitative estimate of drug-likeness (QED) is 0.753. The molecule has 0 heterocycles. The summed E-state index contributed by atoms with van der Waals surface area (Å²) in [4.78, 5) is 11.0. The van der Waals surface area contributed by atoms with E-state index in [2.05, 4.69) is 12.4 Å². The maximum absolute atomic E-state index is 11.0. The lowest BCUT2D eigenvalue weighted by Crippen LogP contribution is -2.17. The fourth-order valence-corrected chi connectivity index (χ4v) is 1.03. The van der Waals surface area contributed by atoms with Crippen LogP contribution < -0.4 is 10.1 Å². The predicted octanol–water partition coefficient (Wildman–Crippen LogP) is 1.15. The van der Waals surface area contributed by atoms with E-state index in [4.69, 9.17) is 4.74 Å². The third-order valence-corrected chi connectivity index (χ3v) is 1.70. The lowest BCUT2D eigenvalue weighted by atomic mass is 10.1. The highest BCUT2D eigenvalue weighted by atomic mass is 16.5. The first-order valence-corrected chi connectivity index (χ1v) is 3.95. The second kappa shape index (κ2) is 4.50. The van der Waals surface area contributed by atoms with Crippen molar-refractivity contribution in [2.24, 2.45) is 0 Å². The van der Waals surface area contributed by atoms with Crippen LogP contribution in [0.1, 0.15) is 5.56 Å². The molecule has 1 amide bonds. The molecule has 1 aromatic rings. The lowest BCUT2D eigenvalue weighted by Gasteiger charge is -2.03. The van der Waals surface area contributed by atoms with Gasteiger partial charge >= 0.3 is 0 Å². The molecule has 69 valence electrons. The molecule has 3 nitrogen and oxygen atoms in total. The molecule has 0 spiro atoms. The normalized spacial score (nSPS) is 9.38. The molecule has 1 rings (SSSR count). The molecule has 0 saturated carbocycles. The molecule has 0 aliphatic heterocycles. The van der Waals surface area contributed by atoms with Gasteiger partial charge in [0.25, 0.3) is 0 Å². The zero-order valence-corrected chi connectivity index (χ0v) is 7.54. The second-order valence-electron chi connectivity index (χ2n) is 2.63. The molecule has 0 aromatic heterocycles. The van der Waals surface area contributed by atoms with E-state index in [9.17, 15) is 4.79 Å². The monoisotopic (exact) mass is 178 g/mol. The van der Waals surface area contributed by atoms with E-state index >= 15 is 0 Å². The number of carbonyl (C=O) groups is 1. The van der Waals surface area contributed by atoms with Crippen LogP contribution in [-0.4, -0.2) is 13.0 Å². The standard InChI is InChI=1S/C10H12NO2/c1-11-10(12)7-8-4-3-5-9(6-8)13-2/h3-6H,1,7H2,2H3,(H,11,12). The third-order valence-electron chi connectivity index (χ3n) is 1.70. The lowest BCUT2D eigenvalue weighted by molar-refractivity contribution is -0.119. The van der Waals surface area contributed by atoms with E-state index in [1.165, 1.54) is 0 Å². The Hall–Kier alpha value is -1.51. The summed E-state index contributed by atoms with van der Waals surface area (Å²) in [5, 5.41) is 2.32. The molecule has 1 aromatic carbocycles. The average Bonchev–Trinajstić information content (AvgIpc) is 2.18. The molecule has 3 heteroatoms. The third kappa shape index (κ3) is 2.78. The Morgan fingerprint density at radius 1 is 1.62 bits per heavy atom. The first-order chi connectivity index (χ1) is 6.26. The zero-order valence-electron chi connectivity index (χ0n) is 7.54. The van der Waals surface area contributed by atoms with Gasteiger partial charge in [-0.05, 0) is 17.7 Å². The minimum atomic E-state index is -0.103. The Balaban J connectivity index is 2.71.